The van der Waals surface area contributed by atoms with Crippen LogP contribution in [-0.2, 0) is 13.1 Å². The van der Waals surface area contributed by atoms with E-state index in [1.165, 1.54) is 44.2 Å². The molecular weight excluding hydrogens is 236 g/mol. The van der Waals surface area contributed by atoms with E-state index >= 15 is 0 Å². The summed E-state index contributed by atoms with van der Waals surface area (Å²) in [5.74, 6) is 2.11. The molecule has 2 aliphatic carbocycles. The molecule has 3 heteroatoms. The Morgan fingerprint density at radius 2 is 2.16 bits per heavy atom. The average molecular weight is 262 g/mol. The van der Waals surface area contributed by atoms with E-state index in [0.29, 0.717) is 0 Å². The molecule has 3 nitrogen and oxygen atoms in total. The third-order valence-corrected chi connectivity index (χ3v) is 4.08. The fourth-order valence-electron chi connectivity index (χ4n) is 2.63. The Kier molecular flexibility index (Phi) is 4.24. The van der Waals surface area contributed by atoms with Gasteiger partial charge in [0.2, 0.25) is 0 Å². The van der Waals surface area contributed by atoms with Gasteiger partial charge < -0.3 is 9.73 Å². The van der Waals surface area contributed by atoms with Crippen molar-refractivity contribution >= 4 is 0 Å². The summed E-state index contributed by atoms with van der Waals surface area (Å²) in [7, 11) is 0. The van der Waals surface area contributed by atoms with Crippen molar-refractivity contribution in [1.29, 1.82) is 0 Å². The summed E-state index contributed by atoms with van der Waals surface area (Å²) in [6.07, 6.45) is 8.75. The van der Waals surface area contributed by atoms with Crippen LogP contribution in [0.15, 0.2) is 16.7 Å². The van der Waals surface area contributed by atoms with E-state index in [-0.39, 0.29) is 0 Å². The van der Waals surface area contributed by atoms with E-state index in [1.807, 2.05) is 6.26 Å². The van der Waals surface area contributed by atoms with Crippen LogP contribution in [0.25, 0.3) is 0 Å². The third-order valence-electron chi connectivity index (χ3n) is 4.08. The van der Waals surface area contributed by atoms with Crippen molar-refractivity contribution in [3.63, 3.8) is 0 Å². The predicted molar refractivity (Wildman–Crippen MR) is 76.9 cm³/mol. The van der Waals surface area contributed by atoms with Crippen molar-refractivity contribution < 1.29 is 4.42 Å². The van der Waals surface area contributed by atoms with Gasteiger partial charge in [-0.15, -0.1) is 0 Å². The molecule has 0 saturated heterocycles. The number of rotatable bonds is 9. The van der Waals surface area contributed by atoms with Gasteiger partial charge in [0.05, 0.1) is 12.8 Å². The molecule has 2 aliphatic rings. The van der Waals surface area contributed by atoms with Gasteiger partial charge in [-0.25, -0.2) is 0 Å². The summed E-state index contributed by atoms with van der Waals surface area (Å²) in [6.45, 7) is 6.50. The fourth-order valence-corrected chi connectivity index (χ4v) is 2.63. The highest BCUT2D eigenvalue weighted by atomic mass is 16.3. The Morgan fingerprint density at radius 3 is 2.84 bits per heavy atom. The van der Waals surface area contributed by atoms with E-state index in [2.05, 4.69) is 23.2 Å². The Morgan fingerprint density at radius 1 is 1.32 bits per heavy atom. The van der Waals surface area contributed by atoms with Crippen LogP contribution in [0.2, 0.25) is 0 Å². The lowest BCUT2D eigenvalue weighted by atomic mass is 10.2. The molecule has 0 aliphatic heterocycles. The lowest BCUT2D eigenvalue weighted by molar-refractivity contribution is 0.224. The standard InChI is InChI=1S/C16H26N2O/c1-2-7-17-9-14-8-16(19-12-14)11-18(15-5-6-15)10-13-3-4-13/h8,12-13,15,17H,2-7,9-11H2,1H3. The van der Waals surface area contributed by atoms with Crippen LogP contribution in [-0.4, -0.2) is 24.0 Å². The quantitative estimate of drug-likeness (QED) is 0.693. The summed E-state index contributed by atoms with van der Waals surface area (Å²) >= 11 is 0. The zero-order valence-corrected chi connectivity index (χ0v) is 12.0. The molecule has 3 rings (SSSR count). The SMILES string of the molecule is CCCNCc1coc(CN(CC2CC2)C2CC2)c1. The van der Waals surface area contributed by atoms with Crippen molar-refractivity contribution in [1.82, 2.24) is 10.2 Å². The van der Waals surface area contributed by atoms with Crippen LogP contribution in [0.4, 0.5) is 0 Å². The summed E-state index contributed by atoms with van der Waals surface area (Å²) in [5.41, 5.74) is 1.28. The van der Waals surface area contributed by atoms with Gasteiger partial charge in [0.25, 0.3) is 0 Å². The highest BCUT2D eigenvalue weighted by Gasteiger charge is 2.33. The number of nitrogens with one attached hydrogen (secondary N) is 1. The van der Waals surface area contributed by atoms with Crippen molar-refractivity contribution in [3.05, 3.63) is 23.7 Å². The molecule has 0 amide bonds. The van der Waals surface area contributed by atoms with E-state index in [1.54, 1.807) is 0 Å². The van der Waals surface area contributed by atoms with Crippen LogP contribution < -0.4 is 5.32 Å². The molecule has 19 heavy (non-hydrogen) atoms. The van der Waals surface area contributed by atoms with Crippen molar-refractivity contribution in [3.8, 4) is 0 Å². The molecule has 0 atom stereocenters. The molecule has 0 bridgehead atoms. The van der Waals surface area contributed by atoms with Crippen molar-refractivity contribution in [2.24, 2.45) is 5.92 Å². The number of hydrogen-bond acceptors (Lipinski definition) is 3. The van der Waals surface area contributed by atoms with Gasteiger partial charge in [-0.3, -0.25) is 4.90 Å². The van der Waals surface area contributed by atoms with E-state index < -0.39 is 0 Å². The second kappa shape index (κ2) is 6.10. The number of furan rings is 1. The van der Waals surface area contributed by atoms with Gasteiger partial charge in [-0.1, -0.05) is 6.92 Å². The largest absolute Gasteiger partial charge is 0.468 e. The summed E-state index contributed by atoms with van der Waals surface area (Å²) in [4.78, 5) is 2.64. The maximum atomic E-state index is 5.72. The molecule has 2 saturated carbocycles. The third kappa shape index (κ3) is 4.08. The van der Waals surface area contributed by atoms with E-state index in [4.69, 9.17) is 4.42 Å². The Labute approximate surface area is 116 Å². The molecule has 1 aromatic rings. The van der Waals surface area contributed by atoms with Crippen LogP contribution in [0, 0.1) is 5.92 Å². The monoisotopic (exact) mass is 262 g/mol. The van der Waals surface area contributed by atoms with Crippen molar-refractivity contribution in [2.75, 3.05) is 13.1 Å². The van der Waals surface area contributed by atoms with Gasteiger partial charge in [0, 0.05) is 24.7 Å². The molecule has 1 aromatic heterocycles. The summed E-state index contributed by atoms with van der Waals surface area (Å²) < 4.78 is 5.72. The van der Waals surface area contributed by atoms with E-state index in [9.17, 15) is 0 Å². The Bertz CT molecular complexity index is 393. The topological polar surface area (TPSA) is 28.4 Å². The highest BCUT2D eigenvalue weighted by molar-refractivity contribution is 5.13. The molecule has 0 radical (unpaired) electrons. The molecule has 2 fully saturated rings. The normalized spacial score (nSPS) is 19.3. The maximum Gasteiger partial charge on any atom is 0.118 e. The lowest BCUT2D eigenvalue weighted by Crippen LogP contribution is -2.27. The molecule has 1 N–H and O–H groups in total. The maximum absolute atomic E-state index is 5.72. The van der Waals surface area contributed by atoms with Crippen LogP contribution >= 0.6 is 0 Å². The van der Waals surface area contributed by atoms with Gasteiger partial charge in [-0.2, -0.15) is 0 Å². The average Bonchev–Trinajstić information content (AvgIpc) is 3.30. The van der Waals surface area contributed by atoms with Gasteiger partial charge >= 0.3 is 0 Å². The fraction of sp³-hybridized carbons (Fsp3) is 0.750. The highest BCUT2D eigenvalue weighted by Crippen LogP contribution is 2.35. The van der Waals surface area contributed by atoms with Crippen molar-refractivity contribution in [2.45, 2.75) is 58.2 Å². The Balaban J connectivity index is 1.49. The minimum atomic E-state index is 0.840. The van der Waals surface area contributed by atoms with Crippen LogP contribution in [0.3, 0.4) is 0 Å². The first-order chi connectivity index (χ1) is 9.35. The molecule has 106 valence electrons. The summed E-state index contributed by atoms with van der Waals surface area (Å²) in [5, 5.41) is 3.42. The number of nitrogens with zero attached hydrogens (tertiary/aromatic N) is 1. The first-order valence-electron chi connectivity index (χ1n) is 7.86. The first kappa shape index (κ1) is 13.2. The molecular formula is C16H26N2O. The van der Waals surface area contributed by atoms with Gasteiger partial charge in [0.1, 0.15) is 5.76 Å². The Hall–Kier alpha value is -0.800. The predicted octanol–water partition coefficient (Wildman–Crippen LogP) is 3.15. The zero-order chi connectivity index (χ0) is 13.1. The molecule has 0 aromatic carbocycles. The zero-order valence-electron chi connectivity index (χ0n) is 12.0. The summed E-state index contributed by atoms with van der Waals surface area (Å²) in [6, 6.07) is 3.07. The number of hydrogen-bond donors (Lipinski definition) is 1. The minimum absolute atomic E-state index is 0.840. The molecule has 1 heterocycles. The van der Waals surface area contributed by atoms with Crippen LogP contribution in [0.5, 0.6) is 0 Å². The lowest BCUT2D eigenvalue weighted by Gasteiger charge is -2.20. The van der Waals surface area contributed by atoms with Gasteiger partial charge in [0.15, 0.2) is 0 Å². The first-order valence-corrected chi connectivity index (χ1v) is 7.86. The smallest absolute Gasteiger partial charge is 0.118 e. The minimum Gasteiger partial charge on any atom is -0.468 e. The van der Waals surface area contributed by atoms with Crippen LogP contribution in [0.1, 0.15) is 50.4 Å². The van der Waals surface area contributed by atoms with Gasteiger partial charge in [-0.05, 0) is 50.6 Å². The van der Waals surface area contributed by atoms with E-state index in [0.717, 1.165) is 37.4 Å². The molecule has 0 spiro atoms. The molecule has 0 unspecified atom stereocenters. The second-order valence-corrected chi connectivity index (χ2v) is 6.20. The second-order valence-electron chi connectivity index (χ2n) is 6.20.